The van der Waals surface area contributed by atoms with Gasteiger partial charge in [0.15, 0.2) is 12.3 Å². The van der Waals surface area contributed by atoms with Crippen molar-refractivity contribution in [1.82, 2.24) is 0 Å². The van der Waals surface area contributed by atoms with Crippen LogP contribution in [-0.2, 0) is 14.2 Å². The maximum absolute atomic E-state index is 14.2. The van der Waals surface area contributed by atoms with E-state index in [1.54, 1.807) is 0 Å². The van der Waals surface area contributed by atoms with Gasteiger partial charge in [0, 0.05) is 24.3 Å². The lowest BCUT2D eigenvalue weighted by Gasteiger charge is -2.20. The van der Waals surface area contributed by atoms with Crippen LogP contribution in [0.5, 0.6) is 0 Å². The fourth-order valence-corrected chi connectivity index (χ4v) is 2.80. The quantitative estimate of drug-likeness (QED) is 0.364. The first-order valence-electron chi connectivity index (χ1n) is 8.89. The minimum absolute atomic E-state index is 0.0219. The smallest absolute Gasteiger partial charge is 0.338 e. The Morgan fingerprint density at radius 2 is 1.42 bits per heavy atom. The molecule has 1 heterocycles. The standard InChI is InChI=1S/C19H15FN2O9/c20-15-9-29-16(10-30-18(23)11-1-5-13(6-2-11)21(25)26)17(15)31-19(24)12-3-7-14(8-4-12)22(27)28/h1-8,15-17H,9-10H2/t15-,16-,17+/m1/s1. The normalized spacial score (nSPS) is 20.1. The predicted octanol–water partition coefficient (Wildman–Crippen LogP) is 2.62. The number of ether oxygens (including phenoxy) is 3. The summed E-state index contributed by atoms with van der Waals surface area (Å²) in [6.45, 7) is -0.799. The van der Waals surface area contributed by atoms with Gasteiger partial charge in [0.2, 0.25) is 0 Å². The van der Waals surface area contributed by atoms with Gasteiger partial charge in [0.25, 0.3) is 11.4 Å². The summed E-state index contributed by atoms with van der Waals surface area (Å²) >= 11 is 0. The van der Waals surface area contributed by atoms with Crippen molar-refractivity contribution in [2.45, 2.75) is 18.4 Å². The van der Waals surface area contributed by atoms with Crippen molar-refractivity contribution >= 4 is 23.3 Å². The molecule has 3 rings (SSSR count). The summed E-state index contributed by atoms with van der Waals surface area (Å²) in [5.41, 5.74) is -0.402. The first-order chi connectivity index (χ1) is 14.8. The molecule has 0 saturated carbocycles. The van der Waals surface area contributed by atoms with Crippen LogP contribution in [-0.4, -0.2) is 53.4 Å². The van der Waals surface area contributed by atoms with Crippen molar-refractivity contribution < 1.29 is 38.0 Å². The molecule has 0 radical (unpaired) electrons. The summed E-state index contributed by atoms with van der Waals surface area (Å²) in [6.07, 6.45) is -4.09. The molecule has 0 spiro atoms. The monoisotopic (exact) mass is 434 g/mol. The topological polar surface area (TPSA) is 148 Å². The van der Waals surface area contributed by atoms with Gasteiger partial charge in [-0.15, -0.1) is 0 Å². The molecular formula is C19H15FN2O9. The molecule has 31 heavy (non-hydrogen) atoms. The van der Waals surface area contributed by atoms with E-state index in [-0.39, 0.29) is 29.1 Å². The van der Waals surface area contributed by atoms with Crippen LogP contribution in [0.2, 0.25) is 0 Å². The number of hydrogen-bond donors (Lipinski definition) is 0. The minimum atomic E-state index is -1.66. The van der Waals surface area contributed by atoms with Crippen molar-refractivity contribution in [1.29, 1.82) is 0 Å². The lowest BCUT2D eigenvalue weighted by atomic mass is 10.1. The lowest BCUT2D eigenvalue weighted by Crippen LogP contribution is -2.36. The van der Waals surface area contributed by atoms with Crippen molar-refractivity contribution in [2.75, 3.05) is 13.2 Å². The van der Waals surface area contributed by atoms with E-state index in [0.717, 1.165) is 24.3 Å². The number of non-ortho nitro benzene ring substituents is 2. The number of nitrogens with zero attached hydrogens (tertiary/aromatic N) is 2. The predicted molar refractivity (Wildman–Crippen MR) is 100 cm³/mol. The SMILES string of the molecule is O=C(OC[C@H]1OC[C@@H](F)[C@@H]1OC(=O)c1ccc([N+](=O)[O-])cc1)c1ccc([N+](=O)[O-])cc1. The van der Waals surface area contributed by atoms with E-state index in [1.165, 1.54) is 24.3 Å². The molecule has 1 aliphatic rings. The Labute approximate surface area is 173 Å². The third-order valence-electron chi connectivity index (χ3n) is 4.44. The number of hydrogen-bond acceptors (Lipinski definition) is 9. The Morgan fingerprint density at radius 1 is 0.935 bits per heavy atom. The average Bonchev–Trinajstić information content (AvgIpc) is 3.11. The minimum Gasteiger partial charge on any atom is -0.459 e. The molecule has 0 N–H and O–H groups in total. The Balaban J connectivity index is 1.59. The molecule has 3 atom stereocenters. The number of halogens is 1. The molecular weight excluding hydrogens is 419 g/mol. The molecule has 11 nitrogen and oxygen atoms in total. The average molecular weight is 434 g/mol. The summed E-state index contributed by atoms with van der Waals surface area (Å²) in [4.78, 5) is 44.4. The van der Waals surface area contributed by atoms with Gasteiger partial charge in [-0.3, -0.25) is 20.2 Å². The Bertz CT molecular complexity index is 994. The van der Waals surface area contributed by atoms with E-state index in [4.69, 9.17) is 14.2 Å². The van der Waals surface area contributed by atoms with Gasteiger partial charge < -0.3 is 14.2 Å². The fraction of sp³-hybridized carbons (Fsp3) is 0.263. The number of nitro groups is 2. The Morgan fingerprint density at radius 3 is 1.90 bits per heavy atom. The fourth-order valence-electron chi connectivity index (χ4n) is 2.80. The van der Waals surface area contributed by atoms with Gasteiger partial charge in [-0.05, 0) is 24.3 Å². The molecule has 1 saturated heterocycles. The second-order valence-corrected chi connectivity index (χ2v) is 6.46. The number of carbonyl (C=O) groups is 2. The van der Waals surface area contributed by atoms with Crippen molar-refractivity contribution in [3.8, 4) is 0 Å². The molecule has 162 valence electrons. The molecule has 0 aliphatic carbocycles. The van der Waals surface area contributed by atoms with Gasteiger partial charge in [-0.1, -0.05) is 0 Å². The summed E-state index contributed by atoms with van der Waals surface area (Å²) in [5.74, 6) is -1.74. The maximum Gasteiger partial charge on any atom is 0.338 e. The number of benzene rings is 2. The van der Waals surface area contributed by atoms with Gasteiger partial charge in [0.1, 0.15) is 12.7 Å². The highest BCUT2D eigenvalue weighted by Crippen LogP contribution is 2.23. The maximum atomic E-state index is 14.2. The molecule has 0 bridgehead atoms. The van der Waals surface area contributed by atoms with E-state index in [2.05, 4.69) is 0 Å². The van der Waals surface area contributed by atoms with Gasteiger partial charge in [-0.25, -0.2) is 14.0 Å². The zero-order valence-corrected chi connectivity index (χ0v) is 15.7. The highest BCUT2D eigenvalue weighted by atomic mass is 19.1. The zero-order chi connectivity index (χ0) is 22.5. The molecule has 2 aromatic rings. The summed E-state index contributed by atoms with van der Waals surface area (Å²) in [5, 5.41) is 21.3. The van der Waals surface area contributed by atoms with Crippen LogP contribution >= 0.6 is 0 Å². The molecule has 0 unspecified atom stereocenters. The van der Waals surface area contributed by atoms with E-state index < -0.39 is 46.8 Å². The number of alkyl halides is 1. The van der Waals surface area contributed by atoms with Gasteiger partial charge in [0.05, 0.1) is 27.6 Å². The molecule has 0 amide bonds. The van der Waals surface area contributed by atoms with Crippen LogP contribution in [0.4, 0.5) is 15.8 Å². The first-order valence-corrected chi connectivity index (χ1v) is 8.89. The summed E-state index contributed by atoms with van der Waals surface area (Å²) < 4.78 is 29.5. The van der Waals surface area contributed by atoms with Gasteiger partial charge >= 0.3 is 11.9 Å². The molecule has 1 aliphatic heterocycles. The molecule has 0 aromatic heterocycles. The third kappa shape index (κ3) is 5.17. The van der Waals surface area contributed by atoms with E-state index in [0.29, 0.717) is 0 Å². The molecule has 12 heteroatoms. The Hall–Kier alpha value is -3.93. The first kappa shape index (κ1) is 21.8. The summed E-state index contributed by atoms with van der Waals surface area (Å²) in [7, 11) is 0. The van der Waals surface area contributed by atoms with Crippen molar-refractivity contribution in [2.24, 2.45) is 0 Å². The largest absolute Gasteiger partial charge is 0.459 e. The van der Waals surface area contributed by atoms with Crippen molar-refractivity contribution in [3.63, 3.8) is 0 Å². The van der Waals surface area contributed by atoms with Crippen molar-refractivity contribution in [3.05, 3.63) is 79.9 Å². The van der Waals surface area contributed by atoms with Crippen LogP contribution in [0.25, 0.3) is 0 Å². The second kappa shape index (κ2) is 9.26. The second-order valence-electron chi connectivity index (χ2n) is 6.46. The lowest BCUT2D eigenvalue weighted by molar-refractivity contribution is -0.385. The van der Waals surface area contributed by atoms with E-state index in [1.807, 2.05) is 0 Å². The highest BCUT2D eigenvalue weighted by molar-refractivity contribution is 5.90. The Kier molecular flexibility index (Phi) is 6.50. The third-order valence-corrected chi connectivity index (χ3v) is 4.44. The molecule has 1 fully saturated rings. The number of rotatable bonds is 7. The summed E-state index contributed by atoms with van der Waals surface area (Å²) in [6, 6.07) is 9.25. The van der Waals surface area contributed by atoms with Crippen LogP contribution in [0.15, 0.2) is 48.5 Å². The van der Waals surface area contributed by atoms with E-state index >= 15 is 0 Å². The van der Waals surface area contributed by atoms with Crippen LogP contribution < -0.4 is 0 Å². The molecule has 2 aromatic carbocycles. The number of esters is 2. The van der Waals surface area contributed by atoms with Crippen LogP contribution in [0.1, 0.15) is 20.7 Å². The van der Waals surface area contributed by atoms with E-state index in [9.17, 15) is 34.2 Å². The number of carbonyl (C=O) groups excluding carboxylic acids is 2. The van der Waals surface area contributed by atoms with Gasteiger partial charge in [-0.2, -0.15) is 0 Å². The van der Waals surface area contributed by atoms with Crippen LogP contribution in [0.3, 0.4) is 0 Å². The number of nitro benzene ring substituents is 2. The van der Waals surface area contributed by atoms with Crippen LogP contribution in [0, 0.1) is 20.2 Å². The highest BCUT2D eigenvalue weighted by Gasteiger charge is 2.41. The zero-order valence-electron chi connectivity index (χ0n) is 15.7.